The zero-order chi connectivity index (χ0) is 26.0. The van der Waals surface area contributed by atoms with Crippen LogP contribution in [0.4, 0.5) is 17.6 Å². The fourth-order valence-corrected chi connectivity index (χ4v) is 3.24. The van der Waals surface area contributed by atoms with Crippen LogP contribution in [-0.4, -0.2) is 21.9 Å². The summed E-state index contributed by atoms with van der Waals surface area (Å²) < 4.78 is 67.0. The maximum atomic E-state index is 14.5. The molecule has 34 heavy (non-hydrogen) atoms. The third-order valence-corrected chi connectivity index (χ3v) is 5.00. The molecule has 0 N–H and O–H groups in total. The quantitative estimate of drug-likeness (QED) is 0.316. The summed E-state index contributed by atoms with van der Waals surface area (Å²) >= 11 is 0. The molecular weight excluding hydrogens is 456 g/mol. The predicted octanol–water partition coefficient (Wildman–Crippen LogP) is 5.27. The molecule has 6 nitrogen and oxygen atoms in total. The molecule has 10 heteroatoms. The van der Waals surface area contributed by atoms with Gasteiger partial charge in [-0.2, -0.15) is 0 Å². The number of hydrogen-bond donors (Lipinski definition) is 0. The number of aromatic nitrogens is 2. The number of carbonyl (C=O) groups excluding carboxylic acids is 2. The van der Waals surface area contributed by atoms with Crippen LogP contribution in [0.3, 0.4) is 0 Å². The van der Waals surface area contributed by atoms with E-state index in [4.69, 9.17) is 4.74 Å². The maximum Gasteiger partial charge on any atom is 0.314 e. The molecule has 0 bridgehead atoms. The van der Waals surface area contributed by atoms with Crippen LogP contribution in [0.5, 0.6) is 0 Å². The lowest BCUT2D eigenvalue weighted by Crippen LogP contribution is -2.29. The molecule has 1 atom stereocenters. The Morgan fingerprint density at radius 3 is 1.59 bits per heavy atom. The van der Waals surface area contributed by atoms with Crippen LogP contribution in [0.2, 0.25) is 0 Å². The Kier molecular flexibility index (Phi) is 8.06. The number of halogens is 4. The maximum absolute atomic E-state index is 14.5. The largest absolute Gasteiger partial charge is 0.461 e. The third kappa shape index (κ3) is 6.09. The minimum absolute atomic E-state index is 0.318. The molecule has 0 aliphatic rings. The fourth-order valence-electron chi connectivity index (χ4n) is 3.24. The monoisotopic (exact) mass is 484 g/mol. The molecule has 0 fully saturated rings. The van der Waals surface area contributed by atoms with Gasteiger partial charge in [-0.1, -0.05) is 41.5 Å². The van der Waals surface area contributed by atoms with Gasteiger partial charge in [-0.25, -0.2) is 27.5 Å². The second-order valence-electron chi connectivity index (χ2n) is 9.99. The molecule has 2 rings (SSSR count). The van der Waals surface area contributed by atoms with E-state index in [1.807, 2.05) is 20.8 Å². The van der Waals surface area contributed by atoms with Crippen molar-refractivity contribution in [3.8, 4) is 0 Å². The molecule has 1 heterocycles. The Morgan fingerprint density at radius 2 is 1.24 bits per heavy atom. The second kappa shape index (κ2) is 10.1. The second-order valence-corrected chi connectivity index (χ2v) is 9.99. The molecule has 0 radical (unpaired) electrons. The molecule has 0 saturated heterocycles. The Morgan fingerprint density at radius 1 is 0.824 bits per heavy atom. The molecule has 1 aromatic carbocycles. The summed E-state index contributed by atoms with van der Waals surface area (Å²) in [5.41, 5.74) is -2.78. The standard InChI is InChI=1S/C24H28F4N2O4/c1-12(31)33-10-14-17(25)19(27)15(20(28)18(14)26)11-34-21(32)16(23(2,3)4)13-8-29-22(30-9-13)24(5,6)7/h8-9,16H,10-11H2,1-7H3. The number of rotatable bonds is 6. The van der Waals surface area contributed by atoms with Gasteiger partial charge in [0.05, 0.1) is 17.0 Å². The van der Waals surface area contributed by atoms with Gasteiger partial charge in [0.25, 0.3) is 0 Å². The predicted molar refractivity (Wildman–Crippen MR) is 114 cm³/mol. The van der Waals surface area contributed by atoms with Crippen LogP contribution in [0.15, 0.2) is 12.4 Å². The van der Waals surface area contributed by atoms with Crippen LogP contribution in [0.25, 0.3) is 0 Å². The summed E-state index contributed by atoms with van der Waals surface area (Å²) in [6.45, 7) is 9.97. The molecule has 0 aliphatic heterocycles. The highest BCUT2D eigenvalue weighted by Crippen LogP contribution is 2.36. The Hall–Kier alpha value is -3.04. The van der Waals surface area contributed by atoms with E-state index >= 15 is 0 Å². The van der Waals surface area contributed by atoms with E-state index in [0.717, 1.165) is 6.92 Å². The Bertz CT molecular complexity index is 1050. The number of carbonyl (C=O) groups is 2. The van der Waals surface area contributed by atoms with Crippen molar-refractivity contribution in [2.75, 3.05) is 0 Å². The molecule has 1 aromatic heterocycles. The first-order chi connectivity index (χ1) is 15.6. The van der Waals surface area contributed by atoms with E-state index in [9.17, 15) is 27.2 Å². The lowest BCUT2D eigenvalue weighted by Gasteiger charge is -2.29. The van der Waals surface area contributed by atoms with Crippen molar-refractivity contribution in [2.45, 2.75) is 73.0 Å². The smallest absolute Gasteiger partial charge is 0.314 e. The van der Waals surface area contributed by atoms with Gasteiger partial charge in [-0.3, -0.25) is 9.59 Å². The van der Waals surface area contributed by atoms with Gasteiger partial charge in [-0.15, -0.1) is 0 Å². The first kappa shape index (κ1) is 27.2. The van der Waals surface area contributed by atoms with Crippen molar-refractivity contribution in [2.24, 2.45) is 5.41 Å². The van der Waals surface area contributed by atoms with Gasteiger partial charge >= 0.3 is 11.9 Å². The Balaban J connectivity index is 2.32. The minimum Gasteiger partial charge on any atom is -0.461 e. The average molecular weight is 484 g/mol. The van der Waals surface area contributed by atoms with E-state index < -0.39 is 70.9 Å². The van der Waals surface area contributed by atoms with Crippen molar-refractivity contribution >= 4 is 11.9 Å². The van der Waals surface area contributed by atoms with Gasteiger partial charge in [-0.05, 0) is 5.41 Å². The van der Waals surface area contributed by atoms with Crippen LogP contribution < -0.4 is 0 Å². The summed E-state index contributed by atoms with van der Waals surface area (Å²) in [6.07, 6.45) is 2.96. The summed E-state index contributed by atoms with van der Waals surface area (Å²) in [4.78, 5) is 32.4. The molecule has 1 unspecified atom stereocenters. The third-order valence-electron chi connectivity index (χ3n) is 5.00. The Labute approximate surface area is 195 Å². The molecule has 2 aromatic rings. The molecular formula is C24H28F4N2O4. The van der Waals surface area contributed by atoms with E-state index in [1.54, 1.807) is 20.8 Å². The van der Waals surface area contributed by atoms with E-state index in [1.165, 1.54) is 12.4 Å². The first-order valence-electron chi connectivity index (χ1n) is 10.5. The highest BCUT2D eigenvalue weighted by molar-refractivity contribution is 5.79. The lowest BCUT2D eigenvalue weighted by molar-refractivity contribution is -0.150. The molecule has 0 saturated carbocycles. The zero-order valence-corrected chi connectivity index (χ0v) is 20.2. The van der Waals surface area contributed by atoms with Crippen LogP contribution >= 0.6 is 0 Å². The van der Waals surface area contributed by atoms with E-state index in [0.29, 0.717) is 11.4 Å². The number of benzene rings is 1. The average Bonchev–Trinajstić information content (AvgIpc) is 2.71. The molecule has 0 spiro atoms. The van der Waals surface area contributed by atoms with Crippen molar-refractivity contribution in [3.05, 3.63) is 58.2 Å². The molecule has 186 valence electrons. The number of nitrogens with zero attached hydrogens (tertiary/aromatic N) is 2. The summed E-state index contributed by atoms with van der Waals surface area (Å²) in [6, 6.07) is 0. The van der Waals surface area contributed by atoms with Crippen molar-refractivity contribution in [3.63, 3.8) is 0 Å². The van der Waals surface area contributed by atoms with Crippen molar-refractivity contribution < 1.29 is 36.6 Å². The zero-order valence-electron chi connectivity index (χ0n) is 20.2. The topological polar surface area (TPSA) is 78.4 Å². The van der Waals surface area contributed by atoms with Gasteiger partial charge in [0, 0.05) is 30.3 Å². The number of ether oxygens (including phenoxy) is 2. The van der Waals surface area contributed by atoms with Crippen LogP contribution in [0.1, 0.15) is 76.9 Å². The summed E-state index contributed by atoms with van der Waals surface area (Å²) in [5.74, 6) is -9.06. The normalized spacial score (nSPS) is 12.9. The molecule has 0 aliphatic carbocycles. The van der Waals surface area contributed by atoms with Gasteiger partial charge in [0.2, 0.25) is 0 Å². The number of esters is 2. The summed E-state index contributed by atoms with van der Waals surface area (Å²) in [5, 5.41) is 0. The van der Waals surface area contributed by atoms with E-state index in [-0.39, 0.29) is 5.41 Å². The highest BCUT2D eigenvalue weighted by atomic mass is 19.2. The van der Waals surface area contributed by atoms with Crippen molar-refractivity contribution in [1.29, 1.82) is 0 Å². The highest BCUT2D eigenvalue weighted by Gasteiger charge is 2.36. The SMILES string of the molecule is CC(=O)OCc1c(F)c(F)c(COC(=O)C(c2cnc(C(C)(C)C)nc2)C(C)(C)C)c(F)c1F. The minimum atomic E-state index is -1.74. The van der Waals surface area contributed by atoms with Crippen LogP contribution in [0, 0.1) is 28.7 Å². The lowest BCUT2D eigenvalue weighted by atomic mass is 9.77. The van der Waals surface area contributed by atoms with Crippen LogP contribution in [-0.2, 0) is 37.7 Å². The fraction of sp³-hybridized carbons (Fsp3) is 0.500. The van der Waals surface area contributed by atoms with Gasteiger partial charge in [0.1, 0.15) is 19.0 Å². The summed E-state index contributed by atoms with van der Waals surface area (Å²) in [7, 11) is 0. The van der Waals surface area contributed by atoms with Gasteiger partial charge in [0.15, 0.2) is 23.3 Å². The first-order valence-corrected chi connectivity index (χ1v) is 10.5. The molecule has 0 amide bonds. The van der Waals surface area contributed by atoms with E-state index in [2.05, 4.69) is 14.7 Å². The van der Waals surface area contributed by atoms with Crippen molar-refractivity contribution in [1.82, 2.24) is 9.97 Å². The number of hydrogen-bond acceptors (Lipinski definition) is 6. The van der Waals surface area contributed by atoms with Gasteiger partial charge < -0.3 is 9.47 Å².